The van der Waals surface area contributed by atoms with Crippen molar-refractivity contribution in [2.24, 2.45) is 4.99 Å². The number of fused-ring (bicyclic) bond motifs is 2. The van der Waals surface area contributed by atoms with E-state index in [1.54, 1.807) is 21.1 Å². The molecule has 0 radical (unpaired) electrons. The van der Waals surface area contributed by atoms with E-state index in [0.717, 1.165) is 24.4 Å². The van der Waals surface area contributed by atoms with E-state index in [0.29, 0.717) is 30.5 Å². The van der Waals surface area contributed by atoms with Gasteiger partial charge in [-0.2, -0.15) is 0 Å². The van der Waals surface area contributed by atoms with Crippen LogP contribution in [-0.4, -0.2) is 62.8 Å². The van der Waals surface area contributed by atoms with Gasteiger partial charge in [0.05, 0.1) is 18.2 Å². The molecule has 2 aliphatic heterocycles. The van der Waals surface area contributed by atoms with Gasteiger partial charge in [0.25, 0.3) is 5.91 Å². The summed E-state index contributed by atoms with van der Waals surface area (Å²) in [6, 6.07) is 8.07. The maximum Gasteiger partial charge on any atom is 0.259 e. The molecule has 7 nitrogen and oxygen atoms in total. The molecular formula is C19H28N4O3. The largest absolute Gasteiger partial charge is 0.484 e. The summed E-state index contributed by atoms with van der Waals surface area (Å²) in [7, 11) is 5.20. The van der Waals surface area contributed by atoms with Crippen LogP contribution in [0.15, 0.2) is 29.3 Å². The molecule has 0 spiro atoms. The highest BCUT2D eigenvalue weighted by Gasteiger charge is 2.41. The molecule has 2 bridgehead atoms. The van der Waals surface area contributed by atoms with Crippen molar-refractivity contribution < 1.29 is 14.3 Å². The van der Waals surface area contributed by atoms with Crippen LogP contribution in [0.25, 0.3) is 0 Å². The fourth-order valence-corrected chi connectivity index (χ4v) is 3.37. The number of carbonyl (C=O) groups is 1. The number of aliphatic imine (C=N–C) groups is 1. The molecule has 2 heterocycles. The number of rotatable bonds is 6. The Hall–Kier alpha value is -2.28. The highest BCUT2D eigenvalue weighted by atomic mass is 16.5. The molecule has 26 heavy (non-hydrogen) atoms. The number of carbonyl (C=O) groups excluding carboxylic acids is 1. The predicted octanol–water partition coefficient (Wildman–Crippen LogP) is 1.14. The molecule has 2 N–H and O–H groups in total. The van der Waals surface area contributed by atoms with Crippen molar-refractivity contribution in [3.05, 3.63) is 29.8 Å². The molecule has 7 heteroatoms. The van der Waals surface area contributed by atoms with Gasteiger partial charge >= 0.3 is 0 Å². The molecule has 3 rings (SSSR count). The molecule has 1 aromatic rings. The van der Waals surface area contributed by atoms with Crippen LogP contribution in [0.2, 0.25) is 0 Å². The van der Waals surface area contributed by atoms with E-state index in [2.05, 4.69) is 15.6 Å². The Labute approximate surface area is 154 Å². The zero-order chi connectivity index (χ0) is 18.5. The van der Waals surface area contributed by atoms with Crippen molar-refractivity contribution in [3.63, 3.8) is 0 Å². The molecule has 0 saturated carbocycles. The number of hydrogen-bond acceptors (Lipinski definition) is 4. The van der Waals surface area contributed by atoms with Crippen LogP contribution in [0, 0.1) is 0 Å². The normalized spacial score (nSPS) is 24.4. The van der Waals surface area contributed by atoms with Gasteiger partial charge in [0.2, 0.25) is 0 Å². The van der Waals surface area contributed by atoms with Crippen LogP contribution >= 0.6 is 0 Å². The van der Waals surface area contributed by atoms with Crippen LogP contribution in [0.3, 0.4) is 0 Å². The molecule has 142 valence electrons. The number of hydrogen-bond donors (Lipinski definition) is 2. The summed E-state index contributed by atoms with van der Waals surface area (Å²) in [5, 5.41) is 6.80. The van der Waals surface area contributed by atoms with Crippen LogP contribution < -0.4 is 15.4 Å². The van der Waals surface area contributed by atoms with Crippen LogP contribution in [-0.2, 0) is 16.1 Å². The summed E-state index contributed by atoms with van der Waals surface area (Å²) in [5.74, 6) is 1.40. The van der Waals surface area contributed by atoms with E-state index < -0.39 is 0 Å². The fourth-order valence-electron chi connectivity index (χ4n) is 3.37. The number of benzene rings is 1. The smallest absolute Gasteiger partial charge is 0.259 e. The lowest BCUT2D eigenvalue weighted by Gasteiger charge is -2.22. The van der Waals surface area contributed by atoms with Gasteiger partial charge in [-0.25, -0.2) is 0 Å². The zero-order valence-electron chi connectivity index (χ0n) is 15.7. The summed E-state index contributed by atoms with van der Waals surface area (Å²) in [6.45, 7) is 0.664. The Bertz CT molecular complexity index is 662. The van der Waals surface area contributed by atoms with E-state index in [9.17, 15) is 4.79 Å². The van der Waals surface area contributed by atoms with E-state index >= 15 is 0 Å². The molecule has 0 aromatic heterocycles. The number of guanidine groups is 1. The van der Waals surface area contributed by atoms with Gasteiger partial charge in [-0.1, -0.05) is 12.1 Å². The van der Waals surface area contributed by atoms with Crippen molar-refractivity contribution in [2.45, 2.75) is 44.1 Å². The van der Waals surface area contributed by atoms with Gasteiger partial charge in [0, 0.05) is 27.7 Å². The van der Waals surface area contributed by atoms with Crippen LogP contribution in [0.5, 0.6) is 5.75 Å². The molecule has 0 aliphatic carbocycles. The lowest BCUT2D eigenvalue weighted by molar-refractivity contribution is -0.130. The third-order valence-corrected chi connectivity index (χ3v) is 4.87. The molecule has 3 unspecified atom stereocenters. The predicted molar refractivity (Wildman–Crippen MR) is 100 cm³/mol. The Morgan fingerprint density at radius 3 is 2.88 bits per heavy atom. The third-order valence-electron chi connectivity index (χ3n) is 4.87. The van der Waals surface area contributed by atoms with E-state index in [1.807, 2.05) is 24.3 Å². The minimum atomic E-state index is -0.0637. The maximum atomic E-state index is 11.6. The first-order valence-corrected chi connectivity index (χ1v) is 9.09. The molecular weight excluding hydrogens is 332 g/mol. The third kappa shape index (κ3) is 4.66. The Kier molecular flexibility index (Phi) is 5.98. The van der Waals surface area contributed by atoms with Gasteiger partial charge in [-0.3, -0.25) is 9.79 Å². The van der Waals surface area contributed by atoms with E-state index in [4.69, 9.17) is 9.47 Å². The Morgan fingerprint density at radius 1 is 1.38 bits per heavy atom. The first kappa shape index (κ1) is 18.5. The first-order valence-electron chi connectivity index (χ1n) is 9.09. The second-order valence-electron chi connectivity index (χ2n) is 7.01. The number of nitrogens with zero attached hydrogens (tertiary/aromatic N) is 2. The van der Waals surface area contributed by atoms with Crippen molar-refractivity contribution in [1.29, 1.82) is 0 Å². The highest BCUT2D eigenvalue weighted by Crippen LogP contribution is 2.34. The SMILES string of the molecule is CN=C(NCc1cccc(OCC(=O)N(C)C)c1)NC1CC2CCC1O2. The summed E-state index contributed by atoms with van der Waals surface area (Å²) >= 11 is 0. The molecule has 2 saturated heterocycles. The van der Waals surface area contributed by atoms with E-state index in [-0.39, 0.29) is 12.5 Å². The first-order chi connectivity index (χ1) is 12.5. The highest BCUT2D eigenvalue weighted by molar-refractivity contribution is 5.80. The lowest BCUT2D eigenvalue weighted by Crippen LogP contribution is -2.47. The van der Waals surface area contributed by atoms with Gasteiger partial charge in [-0.15, -0.1) is 0 Å². The molecule has 3 atom stereocenters. The topological polar surface area (TPSA) is 75.2 Å². The molecule has 1 amide bonds. The molecule has 2 aliphatic rings. The fraction of sp³-hybridized carbons (Fsp3) is 0.579. The standard InChI is InChI=1S/C19H28N4O3/c1-20-19(22-16-10-15-7-8-17(16)26-15)21-11-13-5-4-6-14(9-13)25-12-18(24)23(2)3/h4-6,9,15-17H,7-8,10-12H2,1-3H3,(H2,20,21,22). The van der Waals surface area contributed by atoms with Crippen LogP contribution in [0.1, 0.15) is 24.8 Å². The Balaban J connectivity index is 1.48. The minimum Gasteiger partial charge on any atom is -0.484 e. The monoisotopic (exact) mass is 360 g/mol. The van der Waals surface area contributed by atoms with Crippen molar-refractivity contribution >= 4 is 11.9 Å². The summed E-state index contributed by atoms with van der Waals surface area (Å²) in [5.41, 5.74) is 1.06. The quantitative estimate of drug-likeness (QED) is 0.588. The second-order valence-corrected chi connectivity index (χ2v) is 7.01. The lowest BCUT2D eigenvalue weighted by atomic mass is 9.96. The summed E-state index contributed by atoms with van der Waals surface area (Å²) in [6.07, 6.45) is 4.08. The van der Waals surface area contributed by atoms with Crippen molar-refractivity contribution in [3.8, 4) is 5.75 Å². The van der Waals surface area contributed by atoms with Crippen LogP contribution in [0.4, 0.5) is 0 Å². The van der Waals surface area contributed by atoms with Gasteiger partial charge < -0.3 is 25.0 Å². The molecule has 2 fully saturated rings. The second kappa shape index (κ2) is 8.40. The summed E-state index contributed by atoms with van der Waals surface area (Å²) in [4.78, 5) is 17.5. The van der Waals surface area contributed by atoms with Crippen molar-refractivity contribution in [2.75, 3.05) is 27.7 Å². The Morgan fingerprint density at radius 2 is 2.23 bits per heavy atom. The molecule has 1 aromatic carbocycles. The van der Waals surface area contributed by atoms with Crippen molar-refractivity contribution in [1.82, 2.24) is 15.5 Å². The number of nitrogens with one attached hydrogen (secondary N) is 2. The van der Waals surface area contributed by atoms with E-state index in [1.165, 1.54) is 11.3 Å². The average Bonchev–Trinajstić information content (AvgIpc) is 3.26. The number of ether oxygens (including phenoxy) is 2. The van der Waals surface area contributed by atoms with Gasteiger partial charge in [0.1, 0.15) is 5.75 Å². The summed E-state index contributed by atoms with van der Waals surface area (Å²) < 4.78 is 11.4. The number of likely N-dealkylation sites (N-methyl/N-ethyl adjacent to an activating group) is 1. The maximum absolute atomic E-state index is 11.6. The minimum absolute atomic E-state index is 0.0390. The van der Waals surface area contributed by atoms with Gasteiger partial charge in [0.15, 0.2) is 12.6 Å². The number of amides is 1. The zero-order valence-corrected chi connectivity index (χ0v) is 15.7. The van der Waals surface area contributed by atoms with Gasteiger partial charge in [-0.05, 0) is 37.0 Å². The average molecular weight is 360 g/mol.